The van der Waals surface area contributed by atoms with Crippen LogP contribution in [-0.4, -0.2) is 18.1 Å². The highest BCUT2D eigenvalue weighted by atomic mass is 35.5. The van der Waals surface area contributed by atoms with Gasteiger partial charge in [-0.05, 0) is 23.8 Å². The molecule has 108 valence electrons. The van der Waals surface area contributed by atoms with E-state index in [1.165, 1.54) is 7.11 Å². The van der Waals surface area contributed by atoms with Gasteiger partial charge in [0.15, 0.2) is 0 Å². The lowest BCUT2D eigenvalue weighted by Gasteiger charge is -2.04. The van der Waals surface area contributed by atoms with Crippen molar-refractivity contribution in [2.24, 2.45) is 0 Å². The average molecular weight is 311 g/mol. The first-order chi connectivity index (χ1) is 10.7. The summed E-state index contributed by atoms with van der Waals surface area (Å²) in [7, 11) is 1.32. The molecule has 0 bridgehead atoms. The number of halogens is 1. The van der Waals surface area contributed by atoms with Crippen molar-refractivity contribution >= 4 is 28.5 Å². The van der Waals surface area contributed by atoms with Gasteiger partial charge in [-0.2, -0.15) is 5.26 Å². The molecule has 4 nitrogen and oxygen atoms in total. The van der Waals surface area contributed by atoms with Crippen molar-refractivity contribution in [1.29, 1.82) is 5.26 Å². The van der Waals surface area contributed by atoms with E-state index in [2.05, 4.69) is 11.1 Å². The van der Waals surface area contributed by atoms with Crippen LogP contribution in [0.2, 0.25) is 5.02 Å². The van der Waals surface area contributed by atoms with Crippen molar-refractivity contribution < 1.29 is 9.53 Å². The molecule has 22 heavy (non-hydrogen) atoms. The van der Waals surface area contributed by atoms with Crippen molar-refractivity contribution in [2.75, 3.05) is 7.11 Å². The van der Waals surface area contributed by atoms with Gasteiger partial charge in [-0.3, -0.25) is 0 Å². The molecule has 1 N–H and O–H groups in total. The quantitative estimate of drug-likeness (QED) is 0.723. The Hall–Kier alpha value is -2.77. The van der Waals surface area contributed by atoms with Crippen LogP contribution in [0, 0.1) is 11.3 Å². The number of carbonyl (C=O) groups is 1. The van der Waals surface area contributed by atoms with Crippen LogP contribution in [0.3, 0.4) is 0 Å². The van der Waals surface area contributed by atoms with Crippen LogP contribution in [0.15, 0.2) is 42.6 Å². The molecule has 0 aliphatic rings. The third kappa shape index (κ3) is 2.22. The summed E-state index contributed by atoms with van der Waals surface area (Å²) in [5.41, 5.74) is 3.40. The van der Waals surface area contributed by atoms with Crippen LogP contribution in [0.1, 0.15) is 15.9 Å². The van der Waals surface area contributed by atoms with Gasteiger partial charge in [0.05, 0.1) is 34.8 Å². The topological polar surface area (TPSA) is 65.9 Å². The first-order valence-corrected chi connectivity index (χ1v) is 6.92. The lowest BCUT2D eigenvalue weighted by atomic mass is 10.0. The third-order valence-corrected chi connectivity index (χ3v) is 3.89. The van der Waals surface area contributed by atoms with E-state index < -0.39 is 5.97 Å². The number of H-pyrrole nitrogens is 1. The standard InChI is InChI=1S/C17H11ClN2O2/c1-22-17(21)13-6-5-12-14(9-20-16(12)15(13)18)11-4-2-3-10(7-11)8-19/h2-7,9,20H,1H3. The normalized spacial score (nSPS) is 10.4. The fourth-order valence-electron chi connectivity index (χ4n) is 2.43. The van der Waals surface area contributed by atoms with Crippen LogP contribution < -0.4 is 0 Å². The number of fused-ring (bicyclic) bond motifs is 1. The van der Waals surface area contributed by atoms with E-state index in [0.717, 1.165) is 16.5 Å². The molecule has 0 fully saturated rings. The van der Waals surface area contributed by atoms with Gasteiger partial charge in [0.2, 0.25) is 0 Å². The third-order valence-electron chi connectivity index (χ3n) is 3.50. The Morgan fingerprint density at radius 3 is 2.86 bits per heavy atom. The number of rotatable bonds is 2. The Kier molecular flexibility index (Phi) is 3.58. The highest BCUT2D eigenvalue weighted by Gasteiger charge is 2.16. The van der Waals surface area contributed by atoms with Gasteiger partial charge in [0.1, 0.15) is 0 Å². The van der Waals surface area contributed by atoms with Crippen molar-refractivity contribution in [3.63, 3.8) is 0 Å². The minimum absolute atomic E-state index is 0.316. The molecule has 0 unspecified atom stereocenters. The predicted octanol–water partition coefficient (Wildman–Crippen LogP) is 4.15. The Balaban J connectivity index is 2.20. The van der Waals surface area contributed by atoms with Gasteiger partial charge in [0, 0.05) is 17.1 Å². The number of nitrogens with zero attached hydrogens (tertiary/aromatic N) is 1. The number of aromatic amines is 1. The van der Waals surface area contributed by atoms with Crippen LogP contribution >= 0.6 is 11.6 Å². The monoisotopic (exact) mass is 310 g/mol. The predicted molar refractivity (Wildman–Crippen MR) is 84.8 cm³/mol. The minimum atomic E-state index is -0.477. The Morgan fingerprint density at radius 1 is 1.32 bits per heavy atom. The summed E-state index contributed by atoms with van der Waals surface area (Å²) >= 11 is 6.29. The minimum Gasteiger partial charge on any atom is -0.465 e. The lowest BCUT2D eigenvalue weighted by molar-refractivity contribution is 0.0601. The van der Waals surface area contributed by atoms with Crippen LogP contribution in [0.4, 0.5) is 0 Å². The van der Waals surface area contributed by atoms with Gasteiger partial charge in [0.25, 0.3) is 0 Å². The molecule has 0 saturated carbocycles. The van der Waals surface area contributed by atoms with Crippen LogP contribution in [-0.2, 0) is 4.74 Å². The molecular formula is C17H11ClN2O2. The molecule has 1 aromatic heterocycles. The number of aromatic nitrogens is 1. The fourth-order valence-corrected chi connectivity index (χ4v) is 2.72. The van der Waals surface area contributed by atoms with Crippen molar-refractivity contribution in [2.45, 2.75) is 0 Å². The summed E-state index contributed by atoms with van der Waals surface area (Å²) in [6, 6.07) is 12.9. The maximum absolute atomic E-state index is 11.7. The molecule has 0 amide bonds. The number of esters is 1. The Bertz CT molecular complexity index is 922. The molecule has 3 aromatic rings. The first-order valence-electron chi connectivity index (χ1n) is 6.54. The van der Waals surface area contributed by atoms with Gasteiger partial charge in [-0.1, -0.05) is 29.8 Å². The van der Waals surface area contributed by atoms with Crippen LogP contribution in [0.5, 0.6) is 0 Å². The summed E-state index contributed by atoms with van der Waals surface area (Å²) in [6.07, 6.45) is 1.81. The molecular weight excluding hydrogens is 300 g/mol. The first kappa shape index (κ1) is 14.2. The second kappa shape index (κ2) is 5.55. The van der Waals surface area contributed by atoms with E-state index in [1.807, 2.05) is 30.5 Å². The molecule has 0 aliphatic heterocycles. The number of benzene rings is 2. The number of nitrogens with one attached hydrogen (secondary N) is 1. The number of carbonyl (C=O) groups excluding carboxylic acids is 1. The summed E-state index contributed by atoms with van der Waals surface area (Å²) < 4.78 is 4.71. The van der Waals surface area contributed by atoms with Gasteiger partial charge >= 0.3 is 5.97 Å². The van der Waals surface area contributed by atoms with E-state index in [9.17, 15) is 4.79 Å². The van der Waals surface area contributed by atoms with Gasteiger partial charge in [-0.25, -0.2) is 4.79 Å². The van der Waals surface area contributed by atoms with E-state index in [0.29, 0.717) is 21.7 Å². The molecule has 5 heteroatoms. The molecule has 1 heterocycles. The van der Waals surface area contributed by atoms with E-state index in [-0.39, 0.29) is 0 Å². The summed E-state index contributed by atoms with van der Waals surface area (Å²) in [6.45, 7) is 0. The number of hydrogen-bond donors (Lipinski definition) is 1. The van der Waals surface area contributed by atoms with Gasteiger partial charge in [-0.15, -0.1) is 0 Å². The number of methoxy groups -OCH3 is 1. The zero-order chi connectivity index (χ0) is 15.7. The Morgan fingerprint density at radius 2 is 2.14 bits per heavy atom. The summed E-state index contributed by atoms with van der Waals surface area (Å²) in [5, 5.41) is 10.2. The number of hydrogen-bond acceptors (Lipinski definition) is 3. The maximum atomic E-state index is 11.7. The molecule has 0 atom stereocenters. The fraction of sp³-hybridized carbons (Fsp3) is 0.0588. The SMILES string of the molecule is COC(=O)c1ccc2c(-c3cccc(C#N)c3)c[nH]c2c1Cl. The maximum Gasteiger partial charge on any atom is 0.339 e. The van der Waals surface area contributed by atoms with Crippen molar-refractivity contribution in [1.82, 2.24) is 4.98 Å². The second-order valence-electron chi connectivity index (χ2n) is 4.74. The molecule has 2 aromatic carbocycles. The smallest absolute Gasteiger partial charge is 0.339 e. The largest absolute Gasteiger partial charge is 0.465 e. The van der Waals surface area contributed by atoms with E-state index >= 15 is 0 Å². The summed E-state index contributed by atoms with van der Waals surface area (Å²) in [4.78, 5) is 14.8. The lowest BCUT2D eigenvalue weighted by Crippen LogP contribution is -2.01. The second-order valence-corrected chi connectivity index (χ2v) is 5.11. The number of ether oxygens (including phenoxy) is 1. The highest BCUT2D eigenvalue weighted by molar-refractivity contribution is 6.38. The zero-order valence-corrected chi connectivity index (χ0v) is 12.4. The molecule has 0 radical (unpaired) electrons. The molecule has 0 spiro atoms. The van der Waals surface area contributed by atoms with E-state index in [4.69, 9.17) is 21.6 Å². The molecule has 0 saturated heterocycles. The Labute approximate surface area is 131 Å². The van der Waals surface area contributed by atoms with Crippen molar-refractivity contribution in [3.05, 3.63) is 58.7 Å². The number of nitriles is 1. The van der Waals surface area contributed by atoms with E-state index in [1.54, 1.807) is 12.1 Å². The van der Waals surface area contributed by atoms with Crippen molar-refractivity contribution in [3.8, 4) is 17.2 Å². The molecule has 0 aliphatic carbocycles. The zero-order valence-electron chi connectivity index (χ0n) is 11.7. The summed E-state index contributed by atoms with van der Waals surface area (Å²) in [5.74, 6) is -0.477. The van der Waals surface area contributed by atoms with Crippen LogP contribution in [0.25, 0.3) is 22.0 Å². The molecule has 3 rings (SSSR count). The highest BCUT2D eigenvalue weighted by Crippen LogP contribution is 2.34. The average Bonchev–Trinajstić information content (AvgIpc) is 2.99. The van der Waals surface area contributed by atoms with Gasteiger partial charge < -0.3 is 9.72 Å².